The van der Waals surface area contributed by atoms with Crippen LogP contribution in [-0.2, 0) is 0 Å². The highest BCUT2D eigenvalue weighted by Crippen LogP contribution is 2.77. The van der Waals surface area contributed by atoms with Gasteiger partial charge in [-0.2, -0.15) is 0 Å². The first-order chi connectivity index (χ1) is 29.2. The molecule has 312 valence electrons. The van der Waals surface area contributed by atoms with Crippen LogP contribution in [-0.4, -0.2) is 25.0 Å². The van der Waals surface area contributed by atoms with Gasteiger partial charge in [0.05, 0.1) is 97.5 Å². The highest BCUT2D eigenvalue weighted by molar-refractivity contribution is 8.54. The molecule has 11 aliphatic rings. The van der Waals surface area contributed by atoms with E-state index in [1.807, 2.05) is 306 Å². The molecule has 0 saturated carbocycles. The average Bonchev–Trinajstić information content (AvgIpc) is 4.06. The maximum absolute atomic E-state index is 2.48. The molecule has 11 heterocycles. The van der Waals surface area contributed by atoms with Gasteiger partial charge in [0.2, 0.25) is 0 Å². The van der Waals surface area contributed by atoms with Gasteiger partial charge >= 0.3 is 0 Å². The van der Waals surface area contributed by atoms with Gasteiger partial charge in [0, 0.05) is 0 Å². The van der Waals surface area contributed by atoms with E-state index in [0.29, 0.717) is 0 Å². The van der Waals surface area contributed by atoms with Crippen molar-refractivity contribution in [3.63, 3.8) is 0 Å². The minimum absolute atomic E-state index is 1.35. The van der Waals surface area contributed by atoms with Crippen LogP contribution in [0.5, 0.6) is 0 Å². The Hall–Kier alpha value is 5.46. The Kier molecular flexibility index (Phi) is 16.6. The van der Waals surface area contributed by atoms with E-state index in [-0.39, 0.29) is 0 Å². The molecule has 0 aromatic rings. The second-order valence-electron chi connectivity index (χ2n) is 11.6. The molecular formula is C34H20S26. The van der Waals surface area contributed by atoms with Crippen molar-refractivity contribution in [3.05, 3.63) is 125 Å². The Morgan fingerprint density at radius 2 is 0.483 bits per heavy atom. The van der Waals surface area contributed by atoms with Gasteiger partial charge in [-0.25, -0.2) is 0 Å². The normalized spacial score (nSPS) is 25.5. The highest BCUT2D eigenvalue weighted by atomic mass is 32.3. The first-order valence-corrected chi connectivity index (χ1v) is 39.4. The molecule has 0 aliphatic carbocycles. The predicted molar refractivity (Wildman–Crippen MR) is 333 cm³/mol. The summed E-state index contributed by atoms with van der Waals surface area (Å²) < 4.78 is 33.4. The van der Waals surface area contributed by atoms with Crippen molar-refractivity contribution in [1.29, 1.82) is 0 Å². The molecule has 0 radical (unpaired) electrons. The topological polar surface area (TPSA) is 0 Å². The molecule has 0 bridgehead atoms. The molecule has 11 aliphatic heterocycles. The molecule has 0 spiro atoms. The molecular weight excluding hydrogens is 1240 g/mol. The van der Waals surface area contributed by atoms with Crippen LogP contribution in [0.25, 0.3) is 0 Å². The number of allylic oxidation sites excluding steroid dienone is 5. The first kappa shape index (κ1) is 47.8. The second kappa shape index (κ2) is 20.9. The zero-order valence-corrected chi connectivity index (χ0v) is 52.0. The third-order valence-corrected chi connectivity index (χ3v) is 45.4. The van der Waals surface area contributed by atoms with Crippen molar-refractivity contribution in [2.75, 3.05) is 25.0 Å². The van der Waals surface area contributed by atoms with Crippen molar-refractivity contribution in [1.82, 2.24) is 0 Å². The van der Waals surface area contributed by atoms with E-state index in [0.717, 1.165) is 0 Å². The van der Waals surface area contributed by atoms with E-state index in [1.165, 1.54) is 113 Å². The Bertz CT molecular complexity index is 2250. The average molecular weight is 1260 g/mol. The Morgan fingerprint density at radius 1 is 0.283 bits per heavy atom. The summed E-state index contributed by atoms with van der Waals surface area (Å²) in [7, 11) is 0. The summed E-state index contributed by atoms with van der Waals surface area (Å²) in [5, 5.41) is 0. The van der Waals surface area contributed by atoms with Gasteiger partial charge in [-0.3, -0.25) is 0 Å². The molecule has 0 atom stereocenters. The maximum Gasteiger partial charge on any atom is 0.0718 e. The summed E-state index contributed by atoms with van der Waals surface area (Å²) in [6.45, 7) is 4.53. The lowest BCUT2D eigenvalue weighted by atomic mass is 10.3. The van der Waals surface area contributed by atoms with E-state index in [9.17, 15) is 0 Å². The van der Waals surface area contributed by atoms with Crippen LogP contribution in [0.15, 0.2) is 125 Å². The zero-order valence-electron chi connectivity index (χ0n) is 30.8. The smallest absolute Gasteiger partial charge is 0.0718 e. The summed E-state index contributed by atoms with van der Waals surface area (Å²) in [5.74, 6) is 0. The van der Waals surface area contributed by atoms with E-state index in [2.05, 4.69) is 51.0 Å². The van der Waals surface area contributed by atoms with Crippen molar-refractivity contribution < 1.29 is 0 Å². The summed E-state index contributed by atoms with van der Waals surface area (Å²) in [6.07, 6.45) is 13.7. The van der Waals surface area contributed by atoms with E-state index in [1.54, 1.807) is 0 Å². The largest absolute Gasteiger partial charge is 0.121 e. The third kappa shape index (κ3) is 9.99. The van der Waals surface area contributed by atoms with Crippen LogP contribution < -0.4 is 0 Å². The van der Waals surface area contributed by atoms with Gasteiger partial charge in [-0.1, -0.05) is 259 Å². The molecule has 0 unspecified atom stereocenters. The Labute approximate surface area is 461 Å². The van der Waals surface area contributed by atoms with Gasteiger partial charge in [0.25, 0.3) is 0 Å². The molecule has 0 fully saturated rings. The monoisotopic (exact) mass is 1260 g/mol. The van der Waals surface area contributed by atoms with Crippen LogP contribution in [0.3, 0.4) is 0 Å². The molecule has 0 N–H and O–H groups in total. The first-order valence-electron chi connectivity index (χ1n) is 16.6. The molecule has 0 aromatic carbocycles. The minimum Gasteiger partial charge on any atom is -0.121 e. The number of rotatable bonds is 6. The van der Waals surface area contributed by atoms with Crippen molar-refractivity contribution >= 4 is 306 Å². The SMILES string of the molecule is CSC1=C(SC)SC(=C2SC3=C(S2)SC(=C2SC4=C(SC(=CC(C=C5SC6=C(S5)SC(=C5SC7=C(SC(=C8SC(SC)=C(SC)S8)S7)S5)S6)=C5SC(C)=C(C)S5)S4)S2)S3)S1. The highest BCUT2D eigenvalue weighted by Gasteiger charge is 2.41. The summed E-state index contributed by atoms with van der Waals surface area (Å²) in [6, 6.07) is 0. The van der Waals surface area contributed by atoms with Gasteiger partial charge in [-0.15, -0.1) is 47.0 Å². The summed E-state index contributed by atoms with van der Waals surface area (Å²) in [4.78, 5) is 2.84. The fraction of sp³-hybridized carbons (Fsp3) is 0.176. The molecule has 0 saturated heterocycles. The molecule has 0 aromatic heterocycles. The van der Waals surface area contributed by atoms with Crippen LogP contribution in [0.4, 0.5) is 0 Å². The minimum atomic E-state index is 1.35. The fourth-order valence-corrected chi connectivity index (χ4v) is 44.1. The van der Waals surface area contributed by atoms with Crippen molar-refractivity contribution in [2.45, 2.75) is 13.8 Å². The lowest BCUT2D eigenvalue weighted by molar-refractivity contribution is 1.57. The van der Waals surface area contributed by atoms with Gasteiger partial charge in [-0.05, 0) is 66.4 Å². The van der Waals surface area contributed by atoms with Crippen molar-refractivity contribution in [3.8, 4) is 0 Å². The third-order valence-electron chi connectivity index (χ3n) is 7.92. The van der Waals surface area contributed by atoms with Crippen LogP contribution >= 0.6 is 306 Å². The standard InChI is InChI=1S/C34H20S26/c1-9-10(2)40-14(39-9)11(7-12-41-19-20(42-12)50-27(49-19)29-57-31-32(58-29)54-25(53-31)23-45-15(35-3)16(36-4)46-23)8-13-43-21-22(44-13)52-28(51-21)30-59-33-34(60-30)56-26(55-33)24-47-17(37-5)18(38-6)48-24/h7-8H,1-6H3. The summed E-state index contributed by atoms with van der Waals surface area (Å²) in [5.41, 5.74) is 1.35. The number of hydrogen-bond acceptors (Lipinski definition) is 26. The van der Waals surface area contributed by atoms with Crippen molar-refractivity contribution in [2.24, 2.45) is 0 Å². The molecule has 11 rings (SSSR count). The van der Waals surface area contributed by atoms with Gasteiger partial charge in [0.15, 0.2) is 0 Å². The number of hydrogen-bond donors (Lipinski definition) is 0. The lowest BCUT2D eigenvalue weighted by Crippen LogP contribution is -1.80. The summed E-state index contributed by atoms with van der Waals surface area (Å²) >= 11 is 51.1. The van der Waals surface area contributed by atoms with E-state index >= 15 is 0 Å². The van der Waals surface area contributed by atoms with Crippen LogP contribution in [0, 0.1) is 0 Å². The van der Waals surface area contributed by atoms with E-state index < -0.39 is 0 Å². The maximum atomic E-state index is 2.48. The number of thioether (sulfide) groups is 26. The Balaban J connectivity index is 0.717. The molecule has 0 amide bonds. The quantitative estimate of drug-likeness (QED) is 0.248. The fourth-order valence-electron chi connectivity index (χ4n) is 5.18. The van der Waals surface area contributed by atoms with Gasteiger partial charge in [0.1, 0.15) is 0 Å². The zero-order chi connectivity index (χ0) is 40.8. The predicted octanol–water partition coefficient (Wildman–Crippen LogP) is 23.1. The van der Waals surface area contributed by atoms with Crippen LogP contribution in [0.2, 0.25) is 0 Å². The molecule has 26 heteroatoms. The second-order valence-corrected chi connectivity index (χ2v) is 43.8. The lowest BCUT2D eigenvalue weighted by Gasteiger charge is -2.10. The van der Waals surface area contributed by atoms with Crippen LogP contribution in [0.1, 0.15) is 13.8 Å². The molecule has 0 nitrogen and oxygen atoms in total. The Morgan fingerprint density at radius 3 is 0.700 bits per heavy atom. The molecule has 60 heavy (non-hydrogen) atoms. The van der Waals surface area contributed by atoms with E-state index in [4.69, 9.17) is 0 Å². The van der Waals surface area contributed by atoms with Gasteiger partial charge < -0.3 is 0 Å².